The largest absolute Gasteiger partial charge is 0.750 e. The molecule has 4 atom stereocenters. The molecule has 3 unspecified atom stereocenters. The van der Waals surface area contributed by atoms with Crippen molar-refractivity contribution >= 4 is 26.5 Å². The number of likely N-dealkylation sites (N-methyl/N-ethyl adjacent to an activating group) is 2. The Morgan fingerprint density at radius 3 is 2.71 bits per heavy atom. The molecule has 0 bridgehead atoms. The summed E-state index contributed by atoms with van der Waals surface area (Å²) in [4.78, 5) is 37.1. The molecule has 1 aliphatic heterocycles. The summed E-state index contributed by atoms with van der Waals surface area (Å²) in [5.74, 6) is -0.775. The van der Waals surface area contributed by atoms with Crippen LogP contribution in [0.5, 0.6) is 5.75 Å². The first-order valence-corrected chi connectivity index (χ1v) is 11.4. The first kappa shape index (κ1) is 27.3. The SMILES string of the molecule is CNCC(=O)OCN(C)C(=O)/C=C\N(C=O)C1OC(CO[P+](=O)Oc2ccccc2)C[C@@]1(C)F. The van der Waals surface area contributed by atoms with Crippen molar-refractivity contribution in [1.82, 2.24) is 15.1 Å². The molecule has 0 radical (unpaired) electrons. The Balaban J connectivity index is 1.88. The number of nitrogens with zero attached hydrogens (tertiary/aromatic N) is 2. The van der Waals surface area contributed by atoms with Crippen molar-refractivity contribution in [3.8, 4) is 5.75 Å². The number of carbonyl (C=O) groups excluding carboxylic acids is 3. The second-order valence-corrected chi connectivity index (χ2v) is 8.48. The Kier molecular flexibility index (Phi) is 10.5. The summed E-state index contributed by atoms with van der Waals surface area (Å²) in [5, 5.41) is 2.62. The number of hydrogen-bond donors (Lipinski definition) is 1. The van der Waals surface area contributed by atoms with Gasteiger partial charge < -0.3 is 19.7 Å². The lowest BCUT2D eigenvalue weighted by Gasteiger charge is -2.28. The van der Waals surface area contributed by atoms with E-state index in [0.717, 1.165) is 22.1 Å². The molecule has 0 aliphatic carbocycles. The van der Waals surface area contributed by atoms with Crippen LogP contribution in [0, 0.1) is 0 Å². The predicted octanol–water partition coefficient (Wildman–Crippen LogP) is 1.73. The lowest BCUT2D eigenvalue weighted by molar-refractivity contribution is -0.149. The van der Waals surface area contributed by atoms with Gasteiger partial charge in [0.15, 0.2) is 24.4 Å². The Hall–Kier alpha value is -2.92. The zero-order valence-corrected chi connectivity index (χ0v) is 20.0. The van der Waals surface area contributed by atoms with Crippen molar-refractivity contribution in [3.63, 3.8) is 0 Å². The fourth-order valence-corrected chi connectivity index (χ4v) is 3.64. The number of para-hydroxylation sites is 1. The molecule has 0 spiro atoms. The molecule has 2 rings (SSSR count). The van der Waals surface area contributed by atoms with Crippen LogP contribution in [0.3, 0.4) is 0 Å². The highest BCUT2D eigenvalue weighted by molar-refractivity contribution is 7.33. The number of hydrogen-bond acceptors (Lipinski definition) is 9. The van der Waals surface area contributed by atoms with Gasteiger partial charge in [-0.15, -0.1) is 4.52 Å². The molecular formula is C21H28FN3O8P+. The Labute approximate surface area is 197 Å². The third-order valence-electron chi connectivity index (χ3n) is 4.65. The van der Waals surface area contributed by atoms with Crippen molar-refractivity contribution in [2.75, 3.05) is 34.0 Å². The fraction of sp³-hybridized carbons (Fsp3) is 0.476. The quantitative estimate of drug-likeness (QED) is 0.142. The molecular weight excluding hydrogens is 472 g/mol. The van der Waals surface area contributed by atoms with Gasteiger partial charge in [-0.3, -0.25) is 19.3 Å². The highest BCUT2D eigenvalue weighted by Gasteiger charge is 2.49. The van der Waals surface area contributed by atoms with Gasteiger partial charge >= 0.3 is 14.2 Å². The molecule has 1 saturated heterocycles. The van der Waals surface area contributed by atoms with E-state index in [1.54, 1.807) is 37.4 Å². The van der Waals surface area contributed by atoms with E-state index in [1.807, 2.05) is 0 Å². The van der Waals surface area contributed by atoms with Gasteiger partial charge in [-0.2, -0.15) is 0 Å². The van der Waals surface area contributed by atoms with Crippen LogP contribution in [-0.4, -0.2) is 80.1 Å². The number of alkyl halides is 1. The summed E-state index contributed by atoms with van der Waals surface area (Å²) in [6, 6.07) is 8.40. The summed E-state index contributed by atoms with van der Waals surface area (Å²) >= 11 is 0. The maximum Gasteiger partial charge on any atom is 0.750 e. The third kappa shape index (κ3) is 8.45. The highest BCUT2D eigenvalue weighted by atomic mass is 31.1. The van der Waals surface area contributed by atoms with Crippen LogP contribution in [0.25, 0.3) is 0 Å². The number of halogens is 1. The number of ether oxygens (including phenoxy) is 2. The second-order valence-electron chi connectivity index (χ2n) is 7.60. The number of nitrogens with one attached hydrogen (secondary N) is 1. The predicted molar refractivity (Wildman–Crippen MR) is 118 cm³/mol. The van der Waals surface area contributed by atoms with Gasteiger partial charge in [0, 0.05) is 30.3 Å². The third-order valence-corrected chi connectivity index (χ3v) is 5.37. The number of amides is 2. The van der Waals surface area contributed by atoms with Crippen LogP contribution >= 0.6 is 8.25 Å². The monoisotopic (exact) mass is 500 g/mol. The molecule has 1 fully saturated rings. The fourth-order valence-electron chi connectivity index (χ4n) is 3.01. The molecule has 11 nitrogen and oxygen atoms in total. The van der Waals surface area contributed by atoms with Gasteiger partial charge in [0.05, 0.1) is 12.6 Å². The Morgan fingerprint density at radius 1 is 1.35 bits per heavy atom. The number of carbonyl (C=O) groups is 3. The smallest absolute Gasteiger partial charge is 0.443 e. The normalized spacial score (nSPS) is 22.3. The number of esters is 1. The molecule has 13 heteroatoms. The zero-order valence-electron chi connectivity index (χ0n) is 19.1. The van der Waals surface area contributed by atoms with E-state index in [9.17, 15) is 18.9 Å². The average molecular weight is 500 g/mol. The minimum Gasteiger partial charge on any atom is -0.443 e. The van der Waals surface area contributed by atoms with Crippen molar-refractivity contribution in [2.45, 2.75) is 31.3 Å². The first-order valence-electron chi connectivity index (χ1n) is 10.3. The number of rotatable bonds is 13. The summed E-state index contributed by atoms with van der Waals surface area (Å²) in [7, 11) is 0.456. The Bertz CT molecular complexity index is 886. The van der Waals surface area contributed by atoms with Crippen LogP contribution in [0.2, 0.25) is 0 Å². The van der Waals surface area contributed by atoms with Gasteiger partial charge in [-0.1, -0.05) is 18.2 Å². The summed E-state index contributed by atoms with van der Waals surface area (Å²) in [5.41, 5.74) is -1.97. The number of benzene rings is 1. The van der Waals surface area contributed by atoms with Gasteiger partial charge in [0.2, 0.25) is 12.3 Å². The van der Waals surface area contributed by atoms with Crippen LogP contribution < -0.4 is 9.84 Å². The van der Waals surface area contributed by atoms with Crippen LogP contribution in [0.4, 0.5) is 4.39 Å². The maximum atomic E-state index is 15.1. The molecule has 1 heterocycles. The molecule has 1 aromatic carbocycles. The molecule has 1 N–H and O–H groups in total. The van der Waals surface area contributed by atoms with Crippen LogP contribution in [-0.2, 0) is 32.9 Å². The van der Waals surface area contributed by atoms with E-state index in [1.165, 1.54) is 14.0 Å². The summed E-state index contributed by atoms with van der Waals surface area (Å²) in [6.07, 6.45) is 0.134. The lowest BCUT2D eigenvalue weighted by atomic mass is 10.0. The summed E-state index contributed by atoms with van der Waals surface area (Å²) < 4.78 is 47.8. The van der Waals surface area contributed by atoms with Crippen LogP contribution in [0.15, 0.2) is 42.6 Å². The van der Waals surface area contributed by atoms with E-state index in [-0.39, 0.29) is 26.3 Å². The van der Waals surface area contributed by atoms with Gasteiger partial charge in [0.1, 0.15) is 6.61 Å². The van der Waals surface area contributed by atoms with Gasteiger partial charge in [0.25, 0.3) is 0 Å². The van der Waals surface area contributed by atoms with Crippen molar-refractivity contribution in [2.24, 2.45) is 0 Å². The zero-order chi connectivity index (χ0) is 25.1. The molecule has 2 amide bonds. The van der Waals surface area contributed by atoms with Gasteiger partial charge in [-0.05, 0) is 26.1 Å². The molecule has 1 aromatic rings. The van der Waals surface area contributed by atoms with E-state index in [4.69, 9.17) is 18.5 Å². The maximum absolute atomic E-state index is 15.1. The topological polar surface area (TPSA) is 124 Å². The van der Waals surface area contributed by atoms with E-state index in [2.05, 4.69) is 5.32 Å². The van der Waals surface area contributed by atoms with Crippen molar-refractivity contribution < 1.29 is 41.9 Å². The molecule has 1 aliphatic rings. The molecule has 34 heavy (non-hydrogen) atoms. The van der Waals surface area contributed by atoms with Crippen LogP contribution in [0.1, 0.15) is 13.3 Å². The molecule has 0 aromatic heterocycles. The second kappa shape index (κ2) is 13.1. The average Bonchev–Trinajstić information content (AvgIpc) is 3.11. The van der Waals surface area contributed by atoms with Crippen molar-refractivity contribution in [1.29, 1.82) is 0 Å². The minimum absolute atomic E-state index is 0.0115. The highest BCUT2D eigenvalue weighted by Crippen LogP contribution is 2.37. The first-order chi connectivity index (χ1) is 16.2. The molecule has 186 valence electrons. The molecule has 0 saturated carbocycles. The van der Waals surface area contributed by atoms with E-state index in [0.29, 0.717) is 12.2 Å². The lowest BCUT2D eigenvalue weighted by Crippen LogP contribution is -2.42. The Morgan fingerprint density at radius 2 is 2.06 bits per heavy atom. The minimum atomic E-state index is -2.51. The standard InChI is InChI=1S/C21H28FN3O8P/c1-21(22)11-17(13-31-34(29)33-16-7-5-4-6-8-16)32-20(21)25(14-26)10-9-18(27)24(3)15-30-19(28)12-23-2/h4-10,14,17,20,23H,11-13,15H2,1-3H3/q+1/b10-9-/t17?,20?,21-/m1/s1. The van der Waals surface area contributed by atoms with E-state index >= 15 is 4.39 Å². The summed E-state index contributed by atoms with van der Waals surface area (Å²) in [6.45, 7) is 0.711. The van der Waals surface area contributed by atoms with Gasteiger partial charge in [-0.25, -0.2) is 8.91 Å². The van der Waals surface area contributed by atoms with Crippen molar-refractivity contribution in [3.05, 3.63) is 42.6 Å². The van der Waals surface area contributed by atoms with E-state index < -0.39 is 38.1 Å².